The summed E-state index contributed by atoms with van der Waals surface area (Å²) in [6, 6.07) is 0. The maximum Gasteiger partial charge on any atom is 0.194 e. The Hall–Kier alpha value is -0.520. The highest BCUT2D eigenvalue weighted by atomic mass is 32.2. The third kappa shape index (κ3) is 2.44. The van der Waals surface area contributed by atoms with Gasteiger partial charge in [-0.05, 0) is 19.4 Å². The number of nitrogens with two attached hydrogens (primary N) is 1. The third-order valence-electron chi connectivity index (χ3n) is 3.54. The molecule has 2 N–H and O–H groups in total. The molecule has 0 spiro atoms. The minimum absolute atomic E-state index is 0.696. The predicted octanol–water partition coefficient (Wildman–Crippen LogP) is 3.32. The highest BCUT2D eigenvalue weighted by Gasteiger charge is 2.19. The molecule has 0 atom stereocenters. The number of hydrogen-bond donors (Lipinski definition) is 1. The lowest BCUT2D eigenvalue weighted by Gasteiger charge is -2.20. The molecule has 0 aliphatic heterocycles. The Balaban J connectivity index is 1.84. The van der Waals surface area contributed by atoms with Gasteiger partial charge in [-0.2, -0.15) is 0 Å². The first-order valence-electron chi connectivity index (χ1n) is 6.69. The van der Waals surface area contributed by atoms with E-state index < -0.39 is 0 Å². The molecule has 2 heterocycles. The van der Waals surface area contributed by atoms with Crippen molar-refractivity contribution in [2.75, 3.05) is 6.54 Å². The molecule has 98 valence electrons. The lowest BCUT2D eigenvalue weighted by Crippen LogP contribution is -2.10. The zero-order valence-corrected chi connectivity index (χ0v) is 12.1. The number of nitrogens with zero attached hydrogens (tertiary/aromatic N) is 2. The third-order valence-corrected chi connectivity index (χ3v) is 5.65. The van der Waals surface area contributed by atoms with Crippen LogP contribution in [0.1, 0.15) is 37.8 Å². The van der Waals surface area contributed by atoms with Crippen molar-refractivity contribution < 1.29 is 0 Å². The van der Waals surface area contributed by atoms with Gasteiger partial charge in [-0.1, -0.05) is 19.3 Å². The van der Waals surface area contributed by atoms with Crippen LogP contribution in [0.15, 0.2) is 16.6 Å². The van der Waals surface area contributed by atoms with E-state index in [0.29, 0.717) is 6.54 Å². The van der Waals surface area contributed by atoms with Crippen LogP contribution in [-0.4, -0.2) is 21.2 Å². The van der Waals surface area contributed by atoms with Crippen molar-refractivity contribution in [3.05, 3.63) is 17.3 Å². The molecule has 0 saturated heterocycles. The van der Waals surface area contributed by atoms with Crippen LogP contribution in [0.25, 0.3) is 4.96 Å². The van der Waals surface area contributed by atoms with Crippen LogP contribution in [0, 0.1) is 0 Å². The summed E-state index contributed by atoms with van der Waals surface area (Å²) >= 11 is 3.69. The molecule has 5 heteroatoms. The summed E-state index contributed by atoms with van der Waals surface area (Å²) in [7, 11) is 0. The first-order chi connectivity index (χ1) is 8.88. The summed E-state index contributed by atoms with van der Waals surface area (Å²) in [5, 5.41) is 4.08. The van der Waals surface area contributed by atoms with Crippen LogP contribution >= 0.6 is 23.1 Å². The molecule has 2 aromatic heterocycles. The Morgan fingerprint density at radius 1 is 1.39 bits per heavy atom. The summed E-state index contributed by atoms with van der Waals surface area (Å²) < 4.78 is 2.21. The van der Waals surface area contributed by atoms with Crippen molar-refractivity contribution in [3.63, 3.8) is 0 Å². The van der Waals surface area contributed by atoms with Crippen molar-refractivity contribution in [1.29, 1.82) is 0 Å². The number of thioether (sulfide) groups is 1. The van der Waals surface area contributed by atoms with Crippen LogP contribution in [0.3, 0.4) is 0 Å². The van der Waals surface area contributed by atoms with E-state index in [-0.39, 0.29) is 0 Å². The maximum absolute atomic E-state index is 5.73. The summed E-state index contributed by atoms with van der Waals surface area (Å²) in [6.45, 7) is 0.696. The van der Waals surface area contributed by atoms with Crippen molar-refractivity contribution >= 4 is 28.1 Å². The van der Waals surface area contributed by atoms with Gasteiger partial charge in [0.15, 0.2) is 4.96 Å². The molecule has 3 nitrogen and oxygen atoms in total. The molecular weight excluding hydrogens is 262 g/mol. The SMILES string of the molecule is NCCc1c(SC2CCCCC2)nc2sccn12. The molecule has 0 amide bonds. The van der Waals surface area contributed by atoms with Crippen LogP contribution in [0.4, 0.5) is 0 Å². The Bertz CT molecular complexity index is 511. The van der Waals surface area contributed by atoms with Gasteiger partial charge in [0.25, 0.3) is 0 Å². The van der Waals surface area contributed by atoms with Crippen molar-refractivity contribution in [2.24, 2.45) is 5.73 Å². The van der Waals surface area contributed by atoms with Crippen LogP contribution in [-0.2, 0) is 6.42 Å². The van der Waals surface area contributed by atoms with Gasteiger partial charge in [-0.3, -0.25) is 4.40 Å². The second-order valence-electron chi connectivity index (χ2n) is 4.84. The van der Waals surface area contributed by atoms with Crippen molar-refractivity contribution in [2.45, 2.75) is 48.8 Å². The van der Waals surface area contributed by atoms with E-state index in [1.807, 2.05) is 11.8 Å². The summed E-state index contributed by atoms with van der Waals surface area (Å²) in [4.78, 5) is 5.88. The first-order valence-corrected chi connectivity index (χ1v) is 8.45. The fraction of sp³-hybridized carbons (Fsp3) is 0.615. The van der Waals surface area contributed by atoms with Gasteiger partial charge in [-0.25, -0.2) is 4.98 Å². The molecule has 1 aliphatic carbocycles. The van der Waals surface area contributed by atoms with Crippen LogP contribution < -0.4 is 5.73 Å². The molecule has 18 heavy (non-hydrogen) atoms. The largest absolute Gasteiger partial charge is 0.330 e. The highest BCUT2D eigenvalue weighted by molar-refractivity contribution is 7.99. The molecule has 0 radical (unpaired) electrons. The van der Waals surface area contributed by atoms with E-state index in [1.54, 1.807) is 11.3 Å². The molecule has 1 fully saturated rings. The summed E-state index contributed by atoms with van der Waals surface area (Å²) in [6.07, 6.45) is 9.90. The highest BCUT2D eigenvalue weighted by Crippen LogP contribution is 2.35. The monoisotopic (exact) mass is 281 g/mol. The molecule has 2 aromatic rings. The zero-order valence-electron chi connectivity index (χ0n) is 10.5. The van der Waals surface area contributed by atoms with Gasteiger partial charge in [0.1, 0.15) is 5.03 Å². The number of rotatable bonds is 4. The Morgan fingerprint density at radius 3 is 3.00 bits per heavy atom. The number of aromatic nitrogens is 2. The maximum atomic E-state index is 5.73. The van der Waals surface area contributed by atoms with E-state index in [4.69, 9.17) is 10.7 Å². The quantitative estimate of drug-likeness (QED) is 0.935. The Labute approximate surface area is 116 Å². The average Bonchev–Trinajstić information content (AvgIpc) is 2.95. The van der Waals surface area contributed by atoms with Gasteiger partial charge in [0.2, 0.25) is 0 Å². The normalized spacial score (nSPS) is 17.6. The average molecular weight is 281 g/mol. The molecule has 1 saturated carbocycles. The predicted molar refractivity (Wildman–Crippen MR) is 78.6 cm³/mol. The summed E-state index contributed by atoms with van der Waals surface area (Å²) in [5.41, 5.74) is 7.04. The van der Waals surface area contributed by atoms with E-state index in [9.17, 15) is 0 Å². The van der Waals surface area contributed by atoms with Gasteiger partial charge in [0, 0.05) is 23.2 Å². The number of imidazole rings is 1. The van der Waals surface area contributed by atoms with Crippen molar-refractivity contribution in [1.82, 2.24) is 9.38 Å². The smallest absolute Gasteiger partial charge is 0.194 e. The second kappa shape index (κ2) is 5.63. The Morgan fingerprint density at radius 2 is 2.22 bits per heavy atom. The van der Waals surface area contributed by atoms with Gasteiger partial charge < -0.3 is 5.73 Å². The number of hydrogen-bond acceptors (Lipinski definition) is 4. The standard InChI is InChI=1S/C13H19N3S2/c14-7-6-11-12(15-13-16(11)8-9-17-13)18-10-4-2-1-3-5-10/h8-10H,1-7,14H2. The molecule has 1 aliphatic rings. The minimum atomic E-state index is 0.696. The minimum Gasteiger partial charge on any atom is -0.330 e. The second-order valence-corrected chi connectivity index (χ2v) is 7.00. The lowest BCUT2D eigenvalue weighted by molar-refractivity contribution is 0.515. The fourth-order valence-electron chi connectivity index (χ4n) is 2.61. The van der Waals surface area contributed by atoms with E-state index in [1.165, 1.54) is 42.8 Å². The Kier molecular flexibility index (Phi) is 3.91. The van der Waals surface area contributed by atoms with Gasteiger partial charge >= 0.3 is 0 Å². The van der Waals surface area contributed by atoms with Gasteiger partial charge in [-0.15, -0.1) is 23.1 Å². The lowest BCUT2D eigenvalue weighted by atomic mass is 10.0. The molecular formula is C13H19N3S2. The molecule has 0 unspecified atom stereocenters. The molecule has 3 rings (SSSR count). The molecule has 0 bridgehead atoms. The molecule has 0 aromatic carbocycles. The van der Waals surface area contributed by atoms with Crippen molar-refractivity contribution in [3.8, 4) is 0 Å². The van der Waals surface area contributed by atoms with E-state index >= 15 is 0 Å². The van der Waals surface area contributed by atoms with Crippen LogP contribution in [0.2, 0.25) is 0 Å². The summed E-state index contributed by atoms with van der Waals surface area (Å²) in [5.74, 6) is 0. The zero-order chi connectivity index (χ0) is 12.4. The van der Waals surface area contributed by atoms with Crippen LogP contribution in [0.5, 0.6) is 0 Å². The van der Waals surface area contributed by atoms with E-state index in [2.05, 4.69) is 16.0 Å². The van der Waals surface area contributed by atoms with Gasteiger partial charge in [0.05, 0.1) is 5.69 Å². The first kappa shape index (κ1) is 12.5. The fourth-order valence-corrected chi connectivity index (χ4v) is 4.76. The number of fused-ring (bicyclic) bond motifs is 1. The number of thiazole rings is 1. The van der Waals surface area contributed by atoms with E-state index in [0.717, 1.165) is 16.6 Å². The topological polar surface area (TPSA) is 43.3 Å².